The molecule has 2 heteroatoms. The molecule has 96 valence electrons. The quantitative estimate of drug-likeness (QED) is 0.759. The Bertz CT molecular complexity index is 498. The number of rotatable bonds is 3. The summed E-state index contributed by atoms with van der Waals surface area (Å²) < 4.78 is 5.84. The van der Waals surface area contributed by atoms with Gasteiger partial charge in [0.2, 0.25) is 0 Å². The number of Topliss-reactive ketones (excluding diaryl/α,β-unsaturated/α-hetero) is 1. The molecule has 0 spiro atoms. The number of benzene rings is 1. The fraction of sp³-hybridized carbons (Fsp3) is 0.562. The van der Waals surface area contributed by atoms with Gasteiger partial charge in [0.25, 0.3) is 0 Å². The summed E-state index contributed by atoms with van der Waals surface area (Å²) in [6, 6.07) is 5.91. The fourth-order valence-electron chi connectivity index (χ4n) is 2.84. The molecule has 0 amide bonds. The summed E-state index contributed by atoms with van der Waals surface area (Å²) in [6.45, 7) is 6.23. The second-order valence-corrected chi connectivity index (χ2v) is 6.35. The van der Waals surface area contributed by atoms with Crippen LogP contribution in [0.5, 0.6) is 5.75 Å². The molecule has 0 bridgehead atoms. The van der Waals surface area contributed by atoms with Gasteiger partial charge in [-0.1, -0.05) is 6.92 Å². The van der Waals surface area contributed by atoms with E-state index in [2.05, 4.69) is 20.8 Å². The van der Waals surface area contributed by atoms with E-state index >= 15 is 0 Å². The van der Waals surface area contributed by atoms with Crippen LogP contribution in [0.25, 0.3) is 0 Å². The molecular formula is C16H20O2. The highest BCUT2D eigenvalue weighted by atomic mass is 16.5. The maximum Gasteiger partial charge on any atom is 0.165 e. The second kappa shape index (κ2) is 3.84. The van der Waals surface area contributed by atoms with Gasteiger partial charge in [-0.2, -0.15) is 0 Å². The fourth-order valence-corrected chi connectivity index (χ4v) is 2.84. The van der Waals surface area contributed by atoms with Crippen LogP contribution in [0.15, 0.2) is 18.2 Å². The van der Waals surface area contributed by atoms with Crippen molar-refractivity contribution in [1.29, 1.82) is 0 Å². The third kappa shape index (κ3) is 2.05. The Balaban J connectivity index is 1.85. The maximum atomic E-state index is 12.3. The molecule has 1 aromatic rings. The van der Waals surface area contributed by atoms with Gasteiger partial charge in [-0.3, -0.25) is 4.79 Å². The molecule has 2 aliphatic rings. The number of ketones is 1. The number of fused-ring (bicyclic) bond motifs is 1. The van der Waals surface area contributed by atoms with Crippen molar-refractivity contribution in [2.45, 2.75) is 45.6 Å². The van der Waals surface area contributed by atoms with Crippen molar-refractivity contribution in [1.82, 2.24) is 0 Å². The zero-order valence-electron chi connectivity index (χ0n) is 11.3. The van der Waals surface area contributed by atoms with Crippen LogP contribution in [-0.4, -0.2) is 11.4 Å². The Morgan fingerprint density at radius 1 is 1.39 bits per heavy atom. The lowest BCUT2D eigenvalue weighted by Gasteiger charge is -2.16. The Morgan fingerprint density at radius 3 is 2.78 bits per heavy atom. The monoisotopic (exact) mass is 244 g/mol. The first-order chi connectivity index (χ1) is 8.46. The maximum absolute atomic E-state index is 12.3. The number of carbonyl (C=O) groups is 1. The molecule has 0 radical (unpaired) electrons. The molecule has 1 atom stereocenters. The molecule has 1 aromatic carbocycles. The van der Waals surface area contributed by atoms with E-state index in [4.69, 9.17) is 4.74 Å². The molecule has 18 heavy (non-hydrogen) atoms. The molecule has 1 aliphatic carbocycles. The summed E-state index contributed by atoms with van der Waals surface area (Å²) in [5.41, 5.74) is 1.90. The molecule has 0 N–H and O–H groups in total. The van der Waals surface area contributed by atoms with Crippen molar-refractivity contribution >= 4 is 5.78 Å². The van der Waals surface area contributed by atoms with Crippen molar-refractivity contribution in [3.8, 4) is 5.75 Å². The molecule has 1 saturated carbocycles. The van der Waals surface area contributed by atoms with Crippen molar-refractivity contribution < 1.29 is 9.53 Å². The van der Waals surface area contributed by atoms with E-state index in [1.807, 2.05) is 18.2 Å². The standard InChI is InChI=1S/C16H20O2/c1-10(11-4-5-11)15(17)12-6-7-14-13(8-12)9-16(2,3)18-14/h6-8,10-11H,4-5,9H2,1-3H3. The largest absolute Gasteiger partial charge is 0.487 e. The van der Waals surface area contributed by atoms with E-state index in [-0.39, 0.29) is 11.5 Å². The summed E-state index contributed by atoms with van der Waals surface area (Å²) >= 11 is 0. The lowest BCUT2D eigenvalue weighted by atomic mass is 9.92. The smallest absolute Gasteiger partial charge is 0.165 e. The van der Waals surface area contributed by atoms with E-state index in [0.717, 1.165) is 17.7 Å². The Labute approximate surface area is 108 Å². The Kier molecular flexibility index (Phi) is 2.51. The minimum Gasteiger partial charge on any atom is -0.487 e. The molecule has 0 aromatic heterocycles. The second-order valence-electron chi connectivity index (χ2n) is 6.35. The predicted molar refractivity (Wildman–Crippen MR) is 71.1 cm³/mol. The average Bonchev–Trinajstić information content (AvgIpc) is 3.08. The molecular weight excluding hydrogens is 224 g/mol. The normalized spacial score (nSPS) is 22.2. The molecule has 1 fully saturated rings. The zero-order valence-corrected chi connectivity index (χ0v) is 11.3. The first-order valence-corrected chi connectivity index (χ1v) is 6.82. The zero-order chi connectivity index (χ0) is 12.9. The van der Waals surface area contributed by atoms with Crippen molar-refractivity contribution in [3.63, 3.8) is 0 Å². The van der Waals surface area contributed by atoms with Crippen LogP contribution in [0.4, 0.5) is 0 Å². The first-order valence-electron chi connectivity index (χ1n) is 6.82. The number of hydrogen-bond acceptors (Lipinski definition) is 2. The molecule has 0 saturated heterocycles. The van der Waals surface area contributed by atoms with Gasteiger partial charge in [-0.25, -0.2) is 0 Å². The molecule has 1 unspecified atom stereocenters. The van der Waals surface area contributed by atoms with E-state index in [0.29, 0.717) is 11.7 Å². The number of ether oxygens (including phenoxy) is 1. The van der Waals surface area contributed by atoms with Crippen LogP contribution in [0.3, 0.4) is 0 Å². The van der Waals surface area contributed by atoms with Crippen LogP contribution >= 0.6 is 0 Å². The molecule has 2 nitrogen and oxygen atoms in total. The number of hydrogen-bond donors (Lipinski definition) is 0. The third-order valence-electron chi connectivity index (χ3n) is 4.09. The summed E-state index contributed by atoms with van der Waals surface area (Å²) in [5, 5.41) is 0. The SMILES string of the molecule is CC(C(=O)c1ccc2c(c1)CC(C)(C)O2)C1CC1. The van der Waals surface area contributed by atoms with Gasteiger partial charge in [-0.05, 0) is 56.4 Å². The van der Waals surface area contributed by atoms with Crippen LogP contribution in [0, 0.1) is 11.8 Å². The van der Waals surface area contributed by atoms with Crippen LogP contribution < -0.4 is 4.74 Å². The van der Waals surface area contributed by atoms with Gasteiger partial charge in [0.15, 0.2) is 5.78 Å². The van der Waals surface area contributed by atoms with Crippen molar-refractivity contribution in [3.05, 3.63) is 29.3 Å². The summed E-state index contributed by atoms with van der Waals surface area (Å²) in [6.07, 6.45) is 3.32. The predicted octanol–water partition coefficient (Wildman–Crippen LogP) is 3.63. The van der Waals surface area contributed by atoms with Gasteiger partial charge in [0.1, 0.15) is 11.4 Å². The van der Waals surface area contributed by atoms with E-state index < -0.39 is 0 Å². The van der Waals surface area contributed by atoms with Crippen molar-refractivity contribution in [2.75, 3.05) is 0 Å². The minimum absolute atomic E-state index is 0.133. The Hall–Kier alpha value is -1.31. The van der Waals surface area contributed by atoms with Gasteiger partial charge in [0, 0.05) is 17.9 Å². The van der Waals surface area contributed by atoms with Crippen LogP contribution in [0.2, 0.25) is 0 Å². The van der Waals surface area contributed by atoms with Gasteiger partial charge < -0.3 is 4.74 Å². The summed E-state index contributed by atoms with van der Waals surface area (Å²) in [7, 11) is 0. The van der Waals surface area contributed by atoms with Gasteiger partial charge >= 0.3 is 0 Å². The Morgan fingerprint density at radius 2 is 2.11 bits per heavy atom. The van der Waals surface area contributed by atoms with E-state index in [9.17, 15) is 4.79 Å². The van der Waals surface area contributed by atoms with Crippen LogP contribution in [-0.2, 0) is 6.42 Å². The first kappa shape index (κ1) is 11.8. The van der Waals surface area contributed by atoms with Crippen molar-refractivity contribution in [2.24, 2.45) is 11.8 Å². The highest BCUT2D eigenvalue weighted by Gasteiger charge is 2.34. The lowest BCUT2D eigenvalue weighted by Crippen LogP contribution is -2.24. The van der Waals surface area contributed by atoms with Gasteiger partial charge in [0.05, 0.1) is 0 Å². The summed E-state index contributed by atoms with van der Waals surface area (Å²) in [5.74, 6) is 2.04. The minimum atomic E-state index is -0.133. The van der Waals surface area contributed by atoms with Gasteiger partial charge in [-0.15, -0.1) is 0 Å². The summed E-state index contributed by atoms with van der Waals surface area (Å²) in [4.78, 5) is 12.3. The van der Waals surface area contributed by atoms with E-state index in [1.54, 1.807) is 0 Å². The topological polar surface area (TPSA) is 26.3 Å². The highest BCUT2D eigenvalue weighted by Crippen LogP contribution is 2.39. The third-order valence-corrected chi connectivity index (χ3v) is 4.09. The van der Waals surface area contributed by atoms with Crippen LogP contribution in [0.1, 0.15) is 49.5 Å². The average molecular weight is 244 g/mol. The number of carbonyl (C=O) groups excluding carboxylic acids is 1. The molecule has 3 rings (SSSR count). The lowest BCUT2D eigenvalue weighted by molar-refractivity contribution is 0.0916. The highest BCUT2D eigenvalue weighted by molar-refractivity contribution is 5.98. The van der Waals surface area contributed by atoms with E-state index in [1.165, 1.54) is 18.4 Å². The molecule has 1 heterocycles. The molecule has 1 aliphatic heterocycles.